The number of carbonyl (C=O) groups is 1. The fourth-order valence-corrected chi connectivity index (χ4v) is 7.06. The van der Waals surface area contributed by atoms with Gasteiger partial charge in [-0.1, -0.05) is 31.2 Å². The molecule has 4 aliphatic carbocycles. The van der Waals surface area contributed by atoms with Gasteiger partial charge in [0.2, 0.25) is 5.95 Å². The smallest absolute Gasteiger partial charge is 0.320 e. The van der Waals surface area contributed by atoms with Gasteiger partial charge in [-0.15, -0.1) is 0 Å². The van der Waals surface area contributed by atoms with E-state index in [4.69, 9.17) is 21.6 Å². The quantitative estimate of drug-likeness (QED) is 0.607. The van der Waals surface area contributed by atoms with E-state index < -0.39 is 12.0 Å². The lowest BCUT2D eigenvalue weighted by Gasteiger charge is -2.59. The molecule has 32 heavy (non-hydrogen) atoms. The first-order valence-electron chi connectivity index (χ1n) is 11.9. The van der Waals surface area contributed by atoms with Crippen molar-refractivity contribution in [2.45, 2.75) is 64.3 Å². The molecule has 0 saturated heterocycles. The normalized spacial score (nSPS) is 30.2. The number of anilines is 1. The van der Waals surface area contributed by atoms with Gasteiger partial charge in [-0.05, 0) is 79.6 Å². The number of hydrogen-bond donors (Lipinski definition) is 3. The van der Waals surface area contributed by atoms with Gasteiger partial charge in [-0.2, -0.15) is 9.97 Å². The molecule has 5 N–H and O–H groups in total. The van der Waals surface area contributed by atoms with E-state index in [9.17, 15) is 4.79 Å². The summed E-state index contributed by atoms with van der Waals surface area (Å²) in [4.78, 5) is 24.6. The zero-order valence-corrected chi connectivity index (χ0v) is 18.7. The molecule has 0 aliphatic heterocycles. The fourth-order valence-electron chi connectivity index (χ4n) is 7.06. The second-order valence-electron chi connectivity index (χ2n) is 10.7. The molecule has 4 aliphatic rings. The number of aromatic nitrogens is 3. The van der Waals surface area contributed by atoms with Gasteiger partial charge in [0.15, 0.2) is 5.82 Å². The summed E-state index contributed by atoms with van der Waals surface area (Å²) in [6, 6.07) is 6.62. The van der Waals surface area contributed by atoms with Crippen molar-refractivity contribution in [3.05, 3.63) is 35.7 Å². The van der Waals surface area contributed by atoms with E-state index >= 15 is 0 Å². The van der Waals surface area contributed by atoms with E-state index in [2.05, 4.69) is 16.9 Å². The van der Waals surface area contributed by atoms with Crippen LogP contribution in [0.3, 0.4) is 0 Å². The topological polar surface area (TPSA) is 128 Å². The molecule has 0 spiro atoms. The average Bonchev–Trinajstić information content (AvgIpc) is 2.73. The van der Waals surface area contributed by atoms with Crippen LogP contribution in [0.2, 0.25) is 0 Å². The number of nitrogen functional groups attached to an aromatic ring is 1. The highest BCUT2D eigenvalue weighted by molar-refractivity contribution is 5.73. The number of nitrogens with two attached hydrogens (primary N) is 2. The molecule has 170 valence electrons. The first-order chi connectivity index (χ1) is 15.3. The van der Waals surface area contributed by atoms with Crippen molar-refractivity contribution in [3.63, 3.8) is 0 Å². The average molecular weight is 436 g/mol. The molecule has 1 aromatic heterocycles. The standard InChI is InChI=1S/C25H33N5O2/c1-14(25-11-16-7-17(12-25)9-18(8-16)13-25)6-21-28-22(30-24(27)29-21)19-4-2-15(3-5-19)10-20(26)23(31)32/h2-5,14,16-18,20H,6-13,26H2,1H3,(H,31,32)(H2,27,28,29,30)/t14?,16?,17?,18?,20-,25?/m0/s1. The largest absolute Gasteiger partial charge is 0.480 e. The Balaban J connectivity index is 1.32. The molecule has 6 rings (SSSR count). The number of hydrogen-bond acceptors (Lipinski definition) is 6. The van der Waals surface area contributed by atoms with Crippen LogP contribution in [0.25, 0.3) is 11.4 Å². The Hall–Kier alpha value is -2.54. The maximum atomic E-state index is 11.0. The summed E-state index contributed by atoms with van der Waals surface area (Å²) in [6.45, 7) is 2.38. The zero-order valence-electron chi connectivity index (χ0n) is 18.7. The van der Waals surface area contributed by atoms with Crippen LogP contribution in [-0.2, 0) is 17.6 Å². The number of aliphatic carboxylic acids is 1. The lowest BCUT2D eigenvalue weighted by Crippen LogP contribution is -2.49. The zero-order chi connectivity index (χ0) is 22.5. The molecule has 4 bridgehead atoms. The summed E-state index contributed by atoms with van der Waals surface area (Å²) in [5, 5.41) is 9.01. The van der Waals surface area contributed by atoms with Crippen molar-refractivity contribution in [3.8, 4) is 11.4 Å². The Bertz CT molecular complexity index is 971. The van der Waals surface area contributed by atoms with Crippen LogP contribution in [0, 0.1) is 29.1 Å². The maximum Gasteiger partial charge on any atom is 0.320 e. The predicted molar refractivity (Wildman–Crippen MR) is 122 cm³/mol. The van der Waals surface area contributed by atoms with Crippen LogP contribution < -0.4 is 11.5 Å². The first-order valence-corrected chi connectivity index (χ1v) is 11.9. The van der Waals surface area contributed by atoms with Crippen LogP contribution in [0.5, 0.6) is 0 Å². The third-order valence-electron chi connectivity index (χ3n) is 8.30. The van der Waals surface area contributed by atoms with Crippen LogP contribution in [0.1, 0.15) is 56.8 Å². The molecular weight excluding hydrogens is 402 g/mol. The number of carboxylic acid groups (broad SMARTS) is 1. The molecular formula is C25H33N5O2. The van der Waals surface area contributed by atoms with E-state index in [1.54, 1.807) is 0 Å². The Kier molecular flexibility index (Phi) is 5.40. The summed E-state index contributed by atoms with van der Waals surface area (Å²) in [6.07, 6.45) is 9.56. The molecule has 4 fully saturated rings. The minimum atomic E-state index is -1.00. The van der Waals surface area contributed by atoms with Crippen molar-refractivity contribution in [2.75, 3.05) is 5.73 Å². The van der Waals surface area contributed by atoms with Crippen molar-refractivity contribution in [1.82, 2.24) is 15.0 Å². The van der Waals surface area contributed by atoms with Crippen molar-refractivity contribution < 1.29 is 9.90 Å². The van der Waals surface area contributed by atoms with Gasteiger partial charge < -0.3 is 16.6 Å². The Morgan fingerprint density at radius 2 is 1.62 bits per heavy atom. The van der Waals surface area contributed by atoms with Gasteiger partial charge in [0.25, 0.3) is 0 Å². The Labute approximate surface area is 189 Å². The maximum absolute atomic E-state index is 11.0. The summed E-state index contributed by atoms with van der Waals surface area (Å²) in [5.41, 5.74) is 13.9. The van der Waals surface area contributed by atoms with Gasteiger partial charge in [0, 0.05) is 12.0 Å². The van der Waals surface area contributed by atoms with Crippen LogP contribution in [0.4, 0.5) is 5.95 Å². The van der Waals surface area contributed by atoms with Gasteiger partial charge in [-0.25, -0.2) is 4.98 Å². The first kappa shape index (κ1) is 21.3. The van der Waals surface area contributed by atoms with Gasteiger partial charge in [0.1, 0.15) is 11.9 Å². The third kappa shape index (κ3) is 4.10. The molecule has 7 heteroatoms. The van der Waals surface area contributed by atoms with E-state index in [-0.39, 0.29) is 12.4 Å². The van der Waals surface area contributed by atoms with Gasteiger partial charge in [0.05, 0.1) is 0 Å². The Morgan fingerprint density at radius 1 is 1.03 bits per heavy atom. The number of carboxylic acids is 1. The second-order valence-corrected chi connectivity index (χ2v) is 10.7. The highest BCUT2D eigenvalue weighted by Crippen LogP contribution is 2.63. The van der Waals surface area contributed by atoms with E-state index in [1.807, 2.05) is 24.3 Å². The van der Waals surface area contributed by atoms with Crippen molar-refractivity contribution in [1.29, 1.82) is 0 Å². The van der Waals surface area contributed by atoms with Crippen LogP contribution in [-0.4, -0.2) is 32.1 Å². The van der Waals surface area contributed by atoms with Gasteiger partial charge in [-0.3, -0.25) is 4.79 Å². The molecule has 0 radical (unpaired) electrons. The molecule has 1 aromatic carbocycles. The Morgan fingerprint density at radius 3 is 2.19 bits per heavy atom. The summed E-state index contributed by atoms with van der Waals surface area (Å²) in [5.74, 6) is 3.90. The van der Waals surface area contributed by atoms with Crippen molar-refractivity contribution >= 4 is 11.9 Å². The fraction of sp³-hybridized carbons (Fsp3) is 0.600. The second kappa shape index (κ2) is 8.10. The van der Waals surface area contributed by atoms with Crippen LogP contribution in [0.15, 0.2) is 24.3 Å². The molecule has 1 unspecified atom stereocenters. The van der Waals surface area contributed by atoms with Crippen LogP contribution >= 0.6 is 0 Å². The van der Waals surface area contributed by atoms with Gasteiger partial charge >= 0.3 is 5.97 Å². The minimum absolute atomic E-state index is 0.250. The molecule has 2 aromatic rings. The van der Waals surface area contributed by atoms with E-state index in [1.165, 1.54) is 38.5 Å². The molecule has 1 heterocycles. The molecule has 7 nitrogen and oxygen atoms in total. The number of rotatable bonds is 7. The number of nitrogens with zero attached hydrogens (tertiary/aromatic N) is 3. The SMILES string of the molecule is CC(Cc1nc(N)nc(-c2ccc(C[C@H](N)C(=O)O)cc2)n1)C12CC3CC(CC(C3)C1)C2. The molecule has 2 atom stereocenters. The molecule has 0 amide bonds. The summed E-state index contributed by atoms with van der Waals surface area (Å²) in [7, 11) is 0. The highest BCUT2D eigenvalue weighted by Gasteiger charge is 2.52. The number of benzene rings is 1. The lowest BCUT2D eigenvalue weighted by atomic mass is 9.46. The summed E-state index contributed by atoms with van der Waals surface area (Å²) >= 11 is 0. The summed E-state index contributed by atoms with van der Waals surface area (Å²) < 4.78 is 0. The van der Waals surface area contributed by atoms with Crippen molar-refractivity contribution in [2.24, 2.45) is 34.8 Å². The minimum Gasteiger partial charge on any atom is -0.480 e. The monoisotopic (exact) mass is 435 g/mol. The highest BCUT2D eigenvalue weighted by atomic mass is 16.4. The third-order valence-corrected chi connectivity index (χ3v) is 8.30. The molecule has 4 saturated carbocycles. The lowest BCUT2D eigenvalue weighted by molar-refractivity contribution is -0.138. The predicted octanol–water partition coefficient (Wildman–Crippen LogP) is 3.47. The van der Waals surface area contributed by atoms with E-state index in [0.717, 1.165) is 41.1 Å². The van der Waals surface area contributed by atoms with E-state index in [0.29, 0.717) is 17.2 Å².